The summed E-state index contributed by atoms with van der Waals surface area (Å²) in [6.07, 6.45) is 28.8. The van der Waals surface area contributed by atoms with E-state index in [-0.39, 0.29) is 0 Å². The molecular formula is C23H44. The highest BCUT2D eigenvalue weighted by Gasteiger charge is 2.28. The Morgan fingerprint density at radius 2 is 1.00 bits per heavy atom. The maximum absolute atomic E-state index is 2.31. The van der Waals surface area contributed by atoms with Crippen molar-refractivity contribution in [3.05, 3.63) is 0 Å². The number of unbranched alkanes of at least 4 members (excludes halogenated alkanes) is 9. The number of hydrogen-bond acceptors (Lipinski definition) is 0. The number of hydrogen-bond donors (Lipinski definition) is 0. The van der Waals surface area contributed by atoms with Crippen LogP contribution in [-0.4, -0.2) is 0 Å². The van der Waals surface area contributed by atoms with E-state index >= 15 is 0 Å². The summed E-state index contributed by atoms with van der Waals surface area (Å²) in [7, 11) is 0. The Morgan fingerprint density at radius 3 is 1.57 bits per heavy atom. The van der Waals surface area contributed by atoms with E-state index in [9.17, 15) is 0 Å². The summed E-state index contributed by atoms with van der Waals surface area (Å²) < 4.78 is 0. The molecular weight excluding hydrogens is 276 g/mol. The van der Waals surface area contributed by atoms with Crippen molar-refractivity contribution in [3.8, 4) is 0 Å². The average Bonchev–Trinajstić information content (AvgIpc) is 3.12. The minimum absolute atomic E-state index is 1.10. The molecule has 2 aliphatic rings. The first-order valence-corrected chi connectivity index (χ1v) is 11.4. The monoisotopic (exact) mass is 320 g/mol. The van der Waals surface area contributed by atoms with E-state index in [0.717, 1.165) is 17.8 Å². The van der Waals surface area contributed by atoms with Gasteiger partial charge in [-0.05, 0) is 30.6 Å². The topological polar surface area (TPSA) is 0 Å². The van der Waals surface area contributed by atoms with Crippen LogP contribution in [0.4, 0.5) is 0 Å². The lowest BCUT2D eigenvalue weighted by molar-refractivity contribution is 0.197. The van der Waals surface area contributed by atoms with Gasteiger partial charge in [0.2, 0.25) is 0 Å². The Bertz CT molecular complexity index is 255. The molecule has 0 radical (unpaired) electrons. The zero-order valence-electron chi connectivity index (χ0n) is 16.2. The normalized spacial score (nSPS) is 26.0. The summed E-state index contributed by atoms with van der Waals surface area (Å²) in [6, 6.07) is 0. The van der Waals surface area contributed by atoms with Gasteiger partial charge in [0.15, 0.2) is 0 Å². The van der Waals surface area contributed by atoms with E-state index in [4.69, 9.17) is 0 Å². The fourth-order valence-corrected chi connectivity index (χ4v) is 5.30. The first kappa shape index (κ1) is 19.3. The maximum atomic E-state index is 2.31. The molecule has 2 rings (SSSR count). The van der Waals surface area contributed by atoms with Gasteiger partial charge < -0.3 is 0 Å². The predicted octanol–water partition coefficient (Wildman–Crippen LogP) is 8.29. The molecule has 0 N–H and O–H groups in total. The fourth-order valence-electron chi connectivity index (χ4n) is 5.30. The lowest BCUT2D eigenvalue weighted by atomic mass is 9.74. The summed E-state index contributed by atoms with van der Waals surface area (Å²) in [4.78, 5) is 0. The zero-order valence-corrected chi connectivity index (χ0v) is 16.2. The van der Waals surface area contributed by atoms with Crippen LogP contribution in [0.1, 0.15) is 129 Å². The van der Waals surface area contributed by atoms with Crippen molar-refractivity contribution < 1.29 is 0 Å². The van der Waals surface area contributed by atoms with Gasteiger partial charge >= 0.3 is 0 Å². The second-order valence-electron chi connectivity index (χ2n) is 8.80. The van der Waals surface area contributed by atoms with Crippen molar-refractivity contribution in [2.75, 3.05) is 0 Å². The SMILES string of the molecule is CCCCCCCCCCCCC1CCC(C2CCCC2)CC1. The van der Waals surface area contributed by atoms with E-state index in [1.54, 1.807) is 44.9 Å². The molecule has 0 amide bonds. The van der Waals surface area contributed by atoms with Gasteiger partial charge in [-0.25, -0.2) is 0 Å². The second-order valence-corrected chi connectivity index (χ2v) is 8.80. The average molecular weight is 321 g/mol. The minimum atomic E-state index is 1.10. The molecule has 0 heteroatoms. The Morgan fingerprint density at radius 1 is 0.522 bits per heavy atom. The molecule has 2 saturated carbocycles. The molecule has 0 aromatic heterocycles. The Kier molecular flexibility index (Phi) is 10.4. The molecule has 0 saturated heterocycles. The minimum Gasteiger partial charge on any atom is -0.0654 e. The third kappa shape index (κ3) is 8.08. The van der Waals surface area contributed by atoms with Gasteiger partial charge in [-0.3, -0.25) is 0 Å². The summed E-state index contributed by atoms with van der Waals surface area (Å²) in [5.74, 6) is 3.36. The summed E-state index contributed by atoms with van der Waals surface area (Å²) in [5, 5.41) is 0. The molecule has 0 atom stereocenters. The summed E-state index contributed by atoms with van der Waals surface area (Å²) in [5.41, 5.74) is 0. The van der Waals surface area contributed by atoms with Crippen molar-refractivity contribution >= 4 is 0 Å². The van der Waals surface area contributed by atoms with Crippen LogP contribution in [0, 0.1) is 17.8 Å². The first-order valence-electron chi connectivity index (χ1n) is 11.4. The van der Waals surface area contributed by atoms with Crippen molar-refractivity contribution in [2.45, 2.75) is 129 Å². The quantitative estimate of drug-likeness (QED) is 0.317. The molecule has 0 aromatic rings. The molecule has 23 heavy (non-hydrogen) atoms. The van der Waals surface area contributed by atoms with Crippen molar-refractivity contribution in [3.63, 3.8) is 0 Å². The summed E-state index contributed by atoms with van der Waals surface area (Å²) >= 11 is 0. The van der Waals surface area contributed by atoms with E-state index in [1.807, 2.05) is 0 Å². The Hall–Kier alpha value is 0. The van der Waals surface area contributed by atoms with Crippen LogP contribution in [0.15, 0.2) is 0 Å². The van der Waals surface area contributed by atoms with Crippen LogP contribution in [-0.2, 0) is 0 Å². The molecule has 0 aromatic carbocycles. The van der Waals surface area contributed by atoms with Crippen LogP contribution < -0.4 is 0 Å². The first-order chi connectivity index (χ1) is 11.4. The van der Waals surface area contributed by atoms with E-state index in [0.29, 0.717) is 0 Å². The Balaban J connectivity index is 1.36. The molecule has 2 aliphatic carbocycles. The fraction of sp³-hybridized carbons (Fsp3) is 1.00. The molecule has 0 aliphatic heterocycles. The van der Waals surface area contributed by atoms with Crippen LogP contribution >= 0.6 is 0 Å². The molecule has 0 heterocycles. The molecule has 136 valence electrons. The highest BCUT2D eigenvalue weighted by Crippen LogP contribution is 2.41. The van der Waals surface area contributed by atoms with Gasteiger partial charge in [0.1, 0.15) is 0 Å². The smallest absolute Gasteiger partial charge is 0.0386 e. The third-order valence-corrected chi connectivity index (χ3v) is 6.92. The summed E-state index contributed by atoms with van der Waals surface area (Å²) in [6.45, 7) is 2.31. The van der Waals surface area contributed by atoms with Gasteiger partial charge in [0, 0.05) is 0 Å². The van der Waals surface area contributed by atoms with Gasteiger partial charge in [-0.15, -0.1) is 0 Å². The number of rotatable bonds is 12. The molecule has 0 nitrogen and oxygen atoms in total. The zero-order chi connectivity index (χ0) is 16.2. The van der Waals surface area contributed by atoms with Crippen molar-refractivity contribution in [1.29, 1.82) is 0 Å². The molecule has 0 bridgehead atoms. The predicted molar refractivity (Wildman–Crippen MR) is 104 cm³/mol. The largest absolute Gasteiger partial charge is 0.0654 e. The highest BCUT2D eigenvalue weighted by molar-refractivity contribution is 4.80. The standard InChI is InChI=1S/C23H44/c1-2-3-4-5-6-7-8-9-10-11-14-21-17-19-23(20-18-21)22-15-12-13-16-22/h21-23H,2-20H2,1H3. The van der Waals surface area contributed by atoms with Gasteiger partial charge in [-0.1, -0.05) is 116 Å². The molecule has 0 spiro atoms. The van der Waals surface area contributed by atoms with E-state index in [2.05, 4.69) is 6.92 Å². The second kappa shape index (κ2) is 12.4. The maximum Gasteiger partial charge on any atom is -0.0386 e. The van der Waals surface area contributed by atoms with Crippen molar-refractivity contribution in [2.24, 2.45) is 17.8 Å². The van der Waals surface area contributed by atoms with Gasteiger partial charge in [-0.2, -0.15) is 0 Å². The van der Waals surface area contributed by atoms with Gasteiger partial charge in [0.05, 0.1) is 0 Å². The molecule has 0 unspecified atom stereocenters. The van der Waals surface area contributed by atoms with Crippen LogP contribution in [0.5, 0.6) is 0 Å². The Labute approximate surface area is 147 Å². The van der Waals surface area contributed by atoms with E-state index < -0.39 is 0 Å². The van der Waals surface area contributed by atoms with Gasteiger partial charge in [0.25, 0.3) is 0 Å². The van der Waals surface area contributed by atoms with Crippen LogP contribution in [0.2, 0.25) is 0 Å². The van der Waals surface area contributed by atoms with Crippen LogP contribution in [0.25, 0.3) is 0 Å². The highest BCUT2D eigenvalue weighted by atomic mass is 14.3. The third-order valence-electron chi connectivity index (χ3n) is 6.92. The molecule has 2 fully saturated rings. The van der Waals surface area contributed by atoms with E-state index in [1.165, 1.54) is 77.0 Å². The lowest BCUT2D eigenvalue weighted by Crippen LogP contribution is -2.20. The lowest BCUT2D eigenvalue weighted by Gasteiger charge is -2.32. The van der Waals surface area contributed by atoms with Crippen LogP contribution in [0.3, 0.4) is 0 Å². The van der Waals surface area contributed by atoms with Crippen molar-refractivity contribution in [1.82, 2.24) is 0 Å².